The summed E-state index contributed by atoms with van der Waals surface area (Å²) in [6.45, 7) is 8.97. The predicted octanol–water partition coefficient (Wildman–Crippen LogP) is 3.12. The molecule has 5 heteroatoms. The molecule has 0 fully saturated rings. The Morgan fingerprint density at radius 1 is 1.32 bits per heavy atom. The van der Waals surface area contributed by atoms with Crippen LogP contribution in [0.25, 0.3) is 5.82 Å². The van der Waals surface area contributed by atoms with Crippen LogP contribution in [0.2, 0.25) is 5.02 Å². The highest BCUT2D eigenvalue weighted by atomic mass is 35.5. The maximum absolute atomic E-state index is 6.19. The molecule has 2 aromatic rings. The topological polar surface area (TPSA) is 42.7 Å². The van der Waals surface area contributed by atoms with Crippen LogP contribution in [-0.2, 0) is 6.54 Å². The van der Waals surface area contributed by atoms with E-state index in [1.807, 2.05) is 31.5 Å². The van der Waals surface area contributed by atoms with Crippen LogP contribution in [0, 0.1) is 6.92 Å². The van der Waals surface area contributed by atoms with Crippen molar-refractivity contribution in [1.29, 1.82) is 0 Å². The Balaban J connectivity index is 2.24. The molecule has 102 valence electrons. The first-order valence-electron chi connectivity index (χ1n) is 6.27. The maximum atomic E-state index is 6.19. The van der Waals surface area contributed by atoms with Crippen molar-refractivity contribution in [2.75, 3.05) is 0 Å². The monoisotopic (exact) mass is 278 g/mol. The van der Waals surface area contributed by atoms with Crippen molar-refractivity contribution < 1.29 is 0 Å². The van der Waals surface area contributed by atoms with Gasteiger partial charge in [0.2, 0.25) is 0 Å². The molecular weight excluding hydrogens is 260 g/mol. The van der Waals surface area contributed by atoms with Gasteiger partial charge in [0, 0.05) is 18.3 Å². The molecule has 0 aliphatic carbocycles. The van der Waals surface area contributed by atoms with Gasteiger partial charge in [0.05, 0.1) is 16.9 Å². The van der Waals surface area contributed by atoms with Crippen molar-refractivity contribution in [3.63, 3.8) is 0 Å². The van der Waals surface area contributed by atoms with Gasteiger partial charge < -0.3 is 5.32 Å². The Kier molecular flexibility index (Phi) is 3.92. The highest BCUT2D eigenvalue weighted by Gasteiger charge is 2.12. The number of pyridine rings is 1. The Labute approximate surface area is 118 Å². The zero-order valence-corrected chi connectivity index (χ0v) is 12.5. The van der Waals surface area contributed by atoms with Crippen molar-refractivity contribution in [1.82, 2.24) is 20.1 Å². The van der Waals surface area contributed by atoms with Crippen LogP contribution < -0.4 is 5.32 Å². The predicted molar refractivity (Wildman–Crippen MR) is 77.7 cm³/mol. The Morgan fingerprint density at radius 2 is 2.05 bits per heavy atom. The lowest BCUT2D eigenvalue weighted by atomic mass is 10.1. The van der Waals surface area contributed by atoms with E-state index < -0.39 is 0 Å². The van der Waals surface area contributed by atoms with Crippen LogP contribution in [0.4, 0.5) is 0 Å². The highest BCUT2D eigenvalue weighted by Crippen LogP contribution is 2.17. The lowest BCUT2D eigenvalue weighted by Gasteiger charge is -2.20. The fourth-order valence-electron chi connectivity index (χ4n) is 1.61. The van der Waals surface area contributed by atoms with Crippen molar-refractivity contribution in [3.05, 3.63) is 40.8 Å². The van der Waals surface area contributed by atoms with Crippen molar-refractivity contribution in [2.45, 2.75) is 39.8 Å². The molecule has 0 unspecified atom stereocenters. The van der Waals surface area contributed by atoms with E-state index in [2.05, 4.69) is 36.2 Å². The number of rotatable bonds is 3. The van der Waals surface area contributed by atoms with Crippen LogP contribution >= 0.6 is 11.6 Å². The standard InChI is InChI=1S/C14H19ClN4/c1-10-7-17-19(9-10)13-6-5-11(15)12(18-13)8-16-14(2,3)4/h5-7,9,16H,8H2,1-4H3. The summed E-state index contributed by atoms with van der Waals surface area (Å²) >= 11 is 6.19. The van der Waals surface area contributed by atoms with Gasteiger partial charge in [-0.1, -0.05) is 11.6 Å². The zero-order chi connectivity index (χ0) is 14.0. The molecule has 0 radical (unpaired) electrons. The van der Waals surface area contributed by atoms with Gasteiger partial charge in [-0.2, -0.15) is 5.10 Å². The van der Waals surface area contributed by atoms with Gasteiger partial charge in [0.15, 0.2) is 5.82 Å². The van der Waals surface area contributed by atoms with E-state index in [1.165, 1.54) is 0 Å². The quantitative estimate of drug-likeness (QED) is 0.938. The molecule has 2 rings (SSSR count). The summed E-state index contributed by atoms with van der Waals surface area (Å²) in [5.41, 5.74) is 1.97. The number of halogens is 1. The van der Waals surface area contributed by atoms with Crippen molar-refractivity contribution in [2.24, 2.45) is 0 Å². The number of nitrogens with zero attached hydrogens (tertiary/aromatic N) is 3. The first-order chi connectivity index (χ1) is 8.85. The Hall–Kier alpha value is -1.39. The molecule has 0 aliphatic rings. The molecule has 0 spiro atoms. The SMILES string of the molecule is Cc1cnn(-c2ccc(Cl)c(CNC(C)(C)C)n2)c1. The molecule has 0 aromatic carbocycles. The van der Waals surface area contributed by atoms with Crippen LogP contribution in [0.1, 0.15) is 32.0 Å². The average molecular weight is 279 g/mol. The number of hydrogen-bond donors (Lipinski definition) is 1. The molecular formula is C14H19ClN4. The zero-order valence-electron chi connectivity index (χ0n) is 11.7. The number of aromatic nitrogens is 3. The Morgan fingerprint density at radius 3 is 2.63 bits per heavy atom. The number of hydrogen-bond acceptors (Lipinski definition) is 3. The van der Waals surface area contributed by atoms with Gasteiger partial charge in [0.1, 0.15) is 0 Å². The first kappa shape index (κ1) is 14.0. The molecule has 0 atom stereocenters. The van der Waals surface area contributed by atoms with E-state index in [9.17, 15) is 0 Å². The normalized spacial score (nSPS) is 11.8. The van der Waals surface area contributed by atoms with E-state index >= 15 is 0 Å². The van der Waals surface area contributed by atoms with E-state index in [1.54, 1.807) is 4.68 Å². The van der Waals surface area contributed by atoms with Gasteiger partial charge in [-0.05, 0) is 45.4 Å². The molecule has 0 amide bonds. The summed E-state index contributed by atoms with van der Waals surface area (Å²) in [5, 5.41) is 8.31. The van der Waals surface area contributed by atoms with E-state index in [0.717, 1.165) is 17.1 Å². The highest BCUT2D eigenvalue weighted by molar-refractivity contribution is 6.31. The third-order valence-corrected chi connectivity index (χ3v) is 2.98. The minimum Gasteiger partial charge on any atom is -0.306 e. The molecule has 19 heavy (non-hydrogen) atoms. The van der Waals surface area contributed by atoms with Gasteiger partial charge in [0.25, 0.3) is 0 Å². The summed E-state index contributed by atoms with van der Waals surface area (Å²) in [7, 11) is 0. The largest absolute Gasteiger partial charge is 0.306 e. The fourth-order valence-corrected chi connectivity index (χ4v) is 1.78. The van der Waals surface area contributed by atoms with Crippen LogP contribution in [0.15, 0.2) is 24.5 Å². The molecule has 2 aromatic heterocycles. The van der Waals surface area contributed by atoms with Crippen molar-refractivity contribution >= 4 is 11.6 Å². The van der Waals surface area contributed by atoms with Gasteiger partial charge in [-0.3, -0.25) is 0 Å². The summed E-state index contributed by atoms with van der Waals surface area (Å²) in [5.74, 6) is 0.781. The minimum absolute atomic E-state index is 0.0311. The molecule has 1 N–H and O–H groups in total. The van der Waals surface area contributed by atoms with Crippen LogP contribution in [0.3, 0.4) is 0 Å². The smallest absolute Gasteiger partial charge is 0.153 e. The Bertz CT molecular complexity index is 569. The van der Waals surface area contributed by atoms with E-state index in [-0.39, 0.29) is 5.54 Å². The van der Waals surface area contributed by atoms with Crippen LogP contribution in [0.5, 0.6) is 0 Å². The second kappa shape index (κ2) is 5.31. The summed E-state index contributed by atoms with van der Waals surface area (Å²) in [6, 6.07) is 3.73. The lowest BCUT2D eigenvalue weighted by Crippen LogP contribution is -2.35. The molecule has 0 saturated heterocycles. The number of nitrogens with one attached hydrogen (secondary N) is 1. The first-order valence-corrected chi connectivity index (χ1v) is 6.65. The summed E-state index contributed by atoms with van der Waals surface area (Å²) < 4.78 is 1.76. The fraction of sp³-hybridized carbons (Fsp3) is 0.429. The molecule has 0 saturated carbocycles. The van der Waals surface area contributed by atoms with Crippen LogP contribution in [-0.4, -0.2) is 20.3 Å². The van der Waals surface area contributed by atoms with Gasteiger partial charge in [-0.25, -0.2) is 9.67 Å². The number of aryl methyl sites for hydroxylation is 1. The molecule has 0 aliphatic heterocycles. The van der Waals surface area contributed by atoms with Gasteiger partial charge >= 0.3 is 0 Å². The molecule has 4 nitrogen and oxygen atoms in total. The summed E-state index contributed by atoms with van der Waals surface area (Å²) in [4.78, 5) is 4.56. The lowest BCUT2D eigenvalue weighted by molar-refractivity contribution is 0.421. The average Bonchev–Trinajstić information content (AvgIpc) is 2.74. The second-order valence-corrected chi connectivity index (χ2v) is 6.07. The minimum atomic E-state index is 0.0311. The molecule has 0 bridgehead atoms. The third-order valence-electron chi connectivity index (χ3n) is 2.64. The molecule has 2 heterocycles. The van der Waals surface area contributed by atoms with E-state index in [0.29, 0.717) is 11.6 Å². The second-order valence-electron chi connectivity index (χ2n) is 5.66. The van der Waals surface area contributed by atoms with Gasteiger partial charge in [-0.15, -0.1) is 0 Å². The van der Waals surface area contributed by atoms with E-state index in [4.69, 9.17) is 11.6 Å². The van der Waals surface area contributed by atoms with Crippen molar-refractivity contribution in [3.8, 4) is 5.82 Å². The third kappa shape index (κ3) is 3.78. The maximum Gasteiger partial charge on any atom is 0.153 e. The summed E-state index contributed by atoms with van der Waals surface area (Å²) in [6.07, 6.45) is 3.75.